The van der Waals surface area contributed by atoms with Crippen molar-refractivity contribution in [2.75, 3.05) is 64.9 Å². The summed E-state index contributed by atoms with van der Waals surface area (Å²) in [5, 5.41) is 0. The van der Waals surface area contributed by atoms with Gasteiger partial charge in [0.05, 0.1) is 13.2 Å². The number of morpholine rings is 1. The van der Waals surface area contributed by atoms with E-state index < -0.39 is 0 Å². The number of hydrogen-bond acceptors (Lipinski definition) is 5. The molecule has 1 aromatic carbocycles. The van der Waals surface area contributed by atoms with Crippen molar-refractivity contribution >= 4 is 5.69 Å². The molecule has 0 spiro atoms. The molecule has 128 valence electrons. The predicted molar refractivity (Wildman–Crippen MR) is 94.9 cm³/mol. The van der Waals surface area contributed by atoms with Gasteiger partial charge in [0.15, 0.2) is 0 Å². The molecule has 1 atom stereocenters. The summed E-state index contributed by atoms with van der Waals surface area (Å²) in [5.74, 6) is 0. The summed E-state index contributed by atoms with van der Waals surface area (Å²) in [4.78, 5) is 7.27. The second-order valence-electron chi connectivity index (χ2n) is 6.77. The third-order valence-corrected chi connectivity index (χ3v) is 5.08. The van der Waals surface area contributed by atoms with E-state index in [1.807, 2.05) is 0 Å². The lowest BCUT2D eigenvalue weighted by atomic mass is 10.0. The van der Waals surface area contributed by atoms with E-state index >= 15 is 0 Å². The summed E-state index contributed by atoms with van der Waals surface area (Å²) >= 11 is 0. The largest absolute Gasteiger partial charge is 0.379 e. The van der Waals surface area contributed by atoms with E-state index in [1.165, 1.54) is 23.2 Å². The molecule has 2 N–H and O–H groups in total. The van der Waals surface area contributed by atoms with Crippen LogP contribution in [0.5, 0.6) is 0 Å². The van der Waals surface area contributed by atoms with Crippen molar-refractivity contribution < 1.29 is 4.74 Å². The summed E-state index contributed by atoms with van der Waals surface area (Å²) in [5.41, 5.74) is 10.3. The molecule has 1 aromatic rings. The molecule has 2 aliphatic heterocycles. The van der Waals surface area contributed by atoms with Crippen LogP contribution in [0.25, 0.3) is 0 Å². The summed E-state index contributed by atoms with van der Waals surface area (Å²) in [6.07, 6.45) is 1.20. The van der Waals surface area contributed by atoms with Crippen LogP contribution in [0.2, 0.25) is 0 Å². The third kappa shape index (κ3) is 3.69. The van der Waals surface area contributed by atoms with Crippen LogP contribution in [0.3, 0.4) is 0 Å². The van der Waals surface area contributed by atoms with E-state index in [9.17, 15) is 0 Å². The SMILES string of the molecule is CN(C)c1cccc2c1CN(CCCN1CCOCC1)C2CN. The average Bonchev–Trinajstić information content (AvgIpc) is 2.93. The number of hydrogen-bond donors (Lipinski definition) is 1. The highest BCUT2D eigenvalue weighted by Crippen LogP contribution is 2.37. The van der Waals surface area contributed by atoms with Gasteiger partial charge in [0, 0.05) is 58.5 Å². The van der Waals surface area contributed by atoms with E-state index in [4.69, 9.17) is 10.5 Å². The molecule has 2 aliphatic rings. The molecule has 0 aromatic heterocycles. The molecule has 0 bridgehead atoms. The Morgan fingerprint density at radius 3 is 2.70 bits per heavy atom. The minimum atomic E-state index is 0.370. The Labute approximate surface area is 140 Å². The van der Waals surface area contributed by atoms with Crippen LogP contribution < -0.4 is 10.6 Å². The van der Waals surface area contributed by atoms with Gasteiger partial charge in [-0.25, -0.2) is 0 Å². The molecular weight excluding hydrogens is 288 g/mol. The van der Waals surface area contributed by atoms with Gasteiger partial charge in [0.2, 0.25) is 0 Å². The maximum atomic E-state index is 6.10. The van der Waals surface area contributed by atoms with E-state index in [2.05, 4.69) is 47.0 Å². The summed E-state index contributed by atoms with van der Waals surface area (Å²) in [7, 11) is 4.24. The summed E-state index contributed by atoms with van der Waals surface area (Å²) in [6, 6.07) is 6.99. The molecule has 1 fully saturated rings. The van der Waals surface area contributed by atoms with Crippen molar-refractivity contribution in [3.8, 4) is 0 Å². The molecule has 0 amide bonds. The van der Waals surface area contributed by atoms with Gasteiger partial charge in [-0.3, -0.25) is 9.80 Å². The smallest absolute Gasteiger partial charge is 0.0594 e. The van der Waals surface area contributed by atoms with Gasteiger partial charge >= 0.3 is 0 Å². The minimum absolute atomic E-state index is 0.370. The zero-order chi connectivity index (χ0) is 16.2. The number of rotatable bonds is 6. The molecule has 3 rings (SSSR count). The van der Waals surface area contributed by atoms with Crippen molar-refractivity contribution in [2.24, 2.45) is 5.73 Å². The van der Waals surface area contributed by atoms with E-state index in [1.54, 1.807) is 0 Å². The molecule has 0 radical (unpaired) electrons. The van der Waals surface area contributed by atoms with Gasteiger partial charge in [-0.1, -0.05) is 12.1 Å². The lowest BCUT2D eigenvalue weighted by molar-refractivity contribution is 0.0355. The Kier molecular flexibility index (Phi) is 5.54. The molecule has 5 heteroatoms. The maximum Gasteiger partial charge on any atom is 0.0594 e. The molecule has 1 unspecified atom stereocenters. The highest BCUT2D eigenvalue weighted by Gasteiger charge is 2.30. The molecular formula is C18H30N4O. The molecule has 1 saturated heterocycles. The van der Waals surface area contributed by atoms with Crippen LogP contribution in [0.1, 0.15) is 23.6 Å². The van der Waals surface area contributed by atoms with Gasteiger partial charge in [0.25, 0.3) is 0 Å². The lowest BCUT2D eigenvalue weighted by Crippen LogP contribution is -2.38. The average molecular weight is 318 g/mol. The molecule has 5 nitrogen and oxygen atoms in total. The van der Waals surface area contributed by atoms with Gasteiger partial charge in [-0.2, -0.15) is 0 Å². The van der Waals surface area contributed by atoms with E-state index in [-0.39, 0.29) is 0 Å². The lowest BCUT2D eigenvalue weighted by Gasteiger charge is -2.28. The first-order valence-corrected chi connectivity index (χ1v) is 8.74. The predicted octanol–water partition coefficient (Wildman–Crippen LogP) is 1.29. The zero-order valence-electron chi connectivity index (χ0n) is 14.5. The Hall–Kier alpha value is -1.14. The van der Waals surface area contributed by atoms with Crippen LogP contribution in [0.15, 0.2) is 18.2 Å². The second-order valence-corrected chi connectivity index (χ2v) is 6.77. The first-order chi connectivity index (χ1) is 11.2. The maximum absolute atomic E-state index is 6.10. The summed E-state index contributed by atoms with van der Waals surface area (Å²) in [6.45, 7) is 7.90. The Morgan fingerprint density at radius 2 is 2.00 bits per heavy atom. The Morgan fingerprint density at radius 1 is 1.22 bits per heavy atom. The highest BCUT2D eigenvalue weighted by atomic mass is 16.5. The standard InChI is InChI=1S/C18H30N4O/c1-20(2)17-6-3-5-15-16(17)14-22(18(15)13-19)8-4-7-21-9-11-23-12-10-21/h3,5-6,18H,4,7-14,19H2,1-2H3. The van der Waals surface area contributed by atoms with Crippen molar-refractivity contribution in [3.63, 3.8) is 0 Å². The fraction of sp³-hybridized carbons (Fsp3) is 0.667. The molecule has 2 heterocycles. The Bertz CT molecular complexity index is 514. The fourth-order valence-corrected chi connectivity index (χ4v) is 3.84. The Balaban J connectivity index is 1.61. The van der Waals surface area contributed by atoms with Crippen LogP contribution in [0.4, 0.5) is 5.69 Å². The van der Waals surface area contributed by atoms with Crippen molar-refractivity contribution in [1.29, 1.82) is 0 Å². The minimum Gasteiger partial charge on any atom is -0.379 e. The van der Waals surface area contributed by atoms with Crippen LogP contribution in [0, 0.1) is 0 Å². The van der Waals surface area contributed by atoms with Gasteiger partial charge in [-0.15, -0.1) is 0 Å². The van der Waals surface area contributed by atoms with Crippen molar-refractivity contribution in [2.45, 2.75) is 19.0 Å². The first kappa shape index (κ1) is 16.7. The van der Waals surface area contributed by atoms with Gasteiger partial charge in [-0.05, 0) is 30.2 Å². The first-order valence-electron chi connectivity index (χ1n) is 8.74. The van der Waals surface area contributed by atoms with Crippen LogP contribution in [-0.2, 0) is 11.3 Å². The summed E-state index contributed by atoms with van der Waals surface area (Å²) < 4.78 is 5.42. The third-order valence-electron chi connectivity index (χ3n) is 5.08. The molecule has 0 saturated carbocycles. The normalized spacial score (nSPS) is 22.3. The van der Waals surface area contributed by atoms with Crippen molar-refractivity contribution in [1.82, 2.24) is 9.80 Å². The second kappa shape index (κ2) is 7.62. The molecule has 0 aliphatic carbocycles. The van der Waals surface area contributed by atoms with E-state index in [0.717, 1.165) is 45.9 Å². The number of benzene rings is 1. The fourth-order valence-electron chi connectivity index (χ4n) is 3.84. The monoisotopic (exact) mass is 318 g/mol. The molecule has 23 heavy (non-hydrogen) atoms. The van der Waals surface area contributed by atoms with Gasteiger partial charge < -0.3 is 15.4 Å². The number of nitrogens with zero attached hydrogens (tertiary/aromatic N) is 3. The number of nitrogens with two attached hydrogens (primary N) is 1. The quantitative estimate of drug-likeness (QED) is 0.856. The number of anilines is 1. The topological polar surface area (TPSA) is 45.0 Å². The van der Waals surface area contributed by atoms with Crippen molar-refractivity contribution in [3.05, 3.63) is 29.3 Å². The number of fused-ring (bicyclic) bond motifs is 1. The van der Waals surface area contributed by atoms with Crippen LogP contribution >= 0.6 is 0 Å². The zero-order valence-corrected chi connectivity index (χ0v) is 14.5. The van der Waals surface area contributed by atoms with Crippen LogP contribution in [-0.4, -0.2) is 69.8 Å². The van der Waals surface area contributed by atoms with Gasteiger partial charge in [0.1, 0.15) is 0 Å². The highest BCUT2D eigenvalue weighted by molar-refractivity contribution is 5.58. The number of ether oxygens (including phenoxy) is 1. The van der Waals surface area contributed by atoms with E-state index in [0.29, 0.717) is 12.6 Å².